The minimum Gasteiger partial charge on any atom is -0.348 e. The molecule has 1 amide bonds. The monoisotopic (exact) mass is 297 g/mol. The van der Waals surface area contributed by atoms with E-state index in [1.165, 1.54) is 6.07 Å². The molecular weight excluding hydrogens is 288 g/mol. The van der Waals surface area contributed by atoms with Gasteiger partial charge in [0, 0.05) is 6.54 Å². The first-order valence-corrected chi connectivity index (χ1v) is 6.30. The van der Waals surface area contributed by atoms with E-state index < -0.39 is 11.7 Å². The first kappa shape index (κ1) is 13.8. The molecule has 98 valence electrons. The Bertz CT molecular complexity index is 602. The van der Waals surface area contributed by atoms with Crippen LogP contribution in [0.4, 0.5) is 4.39 Å². The Labute approximate surface area is 120 Å². The fourth-order valence-electron chi connectivity index (χ4n) is 1.57. The average molecular weight is 298 g/mol. The van der Waals surface area contributed by atoms with Crippen molar-refractivity contribution in [3.63, 3.8) is 0 Å². The number of halogens is 3. The Morgan fingerprint density at radius 3 is 2.47 bits per heavy atom. The summed E-state index contributed by atoms with van der Waals surface area (Å²) in [7, 11) is 0. The number of hydrogen-bond donors (Lipinski definition) is 1. The minimum atomic E-state index is -0.670. The molecule has 0 fully saturated rings. The second-order valence-corrected chi connectivity index (χ2v) is 4.73. The molecule has 2 nitrogen and oxygen atoms in total. The summed E-state index contributed by atoms with van der Waals surface area (Å²) in [5.41, 5.74) is 1.01. The van der Waals surface area contributed by atoms with Crippen LogP contribution >= 0.6 is 23.2 Å². The summed E-state index contributed by atoms with van der Waals surface area (Å²) in [6, 6.07) is 11.6. The number of hydrogen-bond acceptors (Lipinski definition) is 1. The van der Waals surface area contributed by atoms with Gasteiger partial charge in [0.25, 0.3) is 5.91 Å². The van der Waals surface area contributed by atoms with E-state index in [0.717, 1.165) is 11.6 Å². The van der Waals surface area contributed by atoms with E-state index in [4.69, 9.17) is 23.2 Å². The van der Waals surface area contributed by atoms with E-state index in [1.807, 2.05) is 30.3 Å². The summed E-state index contributed by atoms with van der Waals surface area (Å²) in [5.74, 6) is -1.11. The lowest BCUT2D eigenvalue weighted by molar-refractivity contribution is 0.0950. The maximum Gasteiger partial charge on any atom is 0.253 e. The van der Waals surface area contributed by atoms with Gasteiger partial charge in [-0.1, -0.05) is 53.5 Å². The van der Waals surface area contributed by atoms with Gasteiger partial charge in [-0.3, -0.25) is 4.79 Å². The topological polar surface area (TPSA) is 29.1 Å². The highest BCUT2D eigenvalue weighted by Gasteiger charge is 2.13. The van der Waals surface area contributed by atoms with Crippen molar-refractivity contribution in [3.8, 4) is 0 Å². The maximum atomic E-state index is 13.3. The standard InChI is InChI=1S/C14H10Cl2FNO/c15-11-7-12(16)13(17)6-10(11)14(19)18-8-9-4-2-1-3-5-9/h1-7H,8H2,(H,18,19). The summed E-state index contributed by atoms with van der Waals surface area (Å²) in [4.78, 5) is 11.9. The van der Waals surface area contributed by atoms with Crippen molar-refractivity contribution < 1.29 is 9.18 Å². The van der Waals surface area contributed by atoms with Gasteiger partial charge in [0.1, 0.15) is 5.82 Å². The zero-order valence-electron chi connectivity index (χ0n) is 9.79. The van der Waals surface area contributed by atoms with E-state index in [-0.39, 0.29) is 15.6 Å². The SMILES string of the molecule is O=C(NCc1ccccc1)c1cc(F)c(Cl)cc1Cl. The van der Waals surface area contributed by atoms with Gasteiger partial charge in [-0.15, -0.1) is 0 Å². The normalized spacial score (nSPS) is 10.3. The van der Waals surface area contributed by atoms with E-state index in [0.29, 0.717) is 6.54 Å². The zero-order valence-corrected chi connectivity index (χ0v) is 11.3. The first-order chi connectivity index (χ1) is 9.08. The van der Waals surface area contributed by atoms with Gasteiger partial charge in [0.05, 0.1) is 15.6 Å². The summed E-state index contributed by atoms with van der Waals surface area (Å²) in [6.45, 7) is 0.347. The van der Waals surface area contributed by atoms with E-state index in [2.05, 4.69) is 5.32 Å². The third kappa shape index (κ3) is 3.46. The summed E-state index contributed by atoms with van der Waals surface area (Å²) in [5, 5.41) is 2.68. The van der Waals surface area contributed by atoms with Crippen LogP contribution in [0, 0.1) is 5.82 Å². The molecular formula is C14H10Cl2FNO. The zero-order chi connectivity index (χ0) is 13.8. The number of amides is 1. The highest BCUT2D eigenvalue weighted by molar-refractivity contribution is 6.36. The molecule has 0 atom stereocenters. The molecule has 0 aromatic heterocycles. The lowest BCUT2D eigenvalue weighted by Crippen LogP contribution is -2.23. The molecule has 2 aromatic carbocycles. The maximum absolute atomic E-state index is 13.3. The smallest absolute Gasteiger partial charge is 0.253 e. The number of rotatable bonds is 3. The molecule has 0 aliphatic rings. The van der Waals surface area contributed by atoms with Crippen molar-refractivity contribution in [1.29, 1.82) is 0 Å². The summed E-state index contributed by atoms with van der Waals surface area (Å²) in [6.07, 6.45) is 0. The van der Waals surface area contributed by atoms with Gasteiger partial charge in [-0.05, 0) is 17.7 Å². The van der Waals surface area contributed by atoms with E-state index >= 15 is 0 Å². The highest BCUT2D eigenvalue weighted by atomic mass is 35.5. The van der Waals surface area contributed by atoms with Gasteiger partial charge in [-0.25, -0.2) is 4.39 Å². The fourth-order valence-corrected chi connectivity index (χ4v) is 2.04. The lowest BCUT2D eigenvalue weighted by Gasteiger charge is -2.07. The molecule has 0 spiro atoms. The molecule has 0 radical (unpaired) electrons. The Morgan fingerprint density at radius 2 is 1.79 bits per heavy atom. The van der Waals surface area contributed by atoms with Crippen LogP contribution < -0.4 is 5.32 Å². The van der Waals surface area contributed by atoms with Crippen LogP contribution in [0.1, 0.15) is 15.9 Å². The Kier molecular flexibility index (Phi) is 4.40. The predicted octanol–water partition coefficient (Wildman–Crippen LogP) is 4.06. The third-order valence-electron chi connectivity index (χ3n) is 2.55. The molecule has 1 N–H and O–H groups in total. The van der Waals surface area contributed by atoms with Crippen molar-refractivity contribution in [1.82, 2.24) is 5.32 Å². The predicted molar refractivity (Wildman–Crippen MR) is 74.0 cm³/mol. The minimum absolute atomic E-state index is 0.0690. The van der Waals surface area contributed by atoms with Crippen LogP contribution in [-0.2, 0) is 6.54 Å². The van der Waals surface area contributed by atoms with Gasteiger partial charge in [-0.2, -0.15) is 0 Å². The van der Waals surface area contributed by atoms with Crippen molar-refractivity contribution in [2.75, 3.05) is 0 Å². The number of carbonyl (C=O) groups is 1. The molecule has 5 heteroatoms. The molecule has 0 aliphatic carbocycles. The molecule has 0 saturated heterocycles. The quantitative estimate of drug-likeness (QED) is 0.851. The van der Waals surface area contributed by atoms with Crippen LogP contribution in [0.2, 0.25) is 10.0 Å². The Balaban J connectivity index is 2.10. The molecule has 0 aliphatic heterocycles. The van der Waals surface area contributed by atoms with Crippen molar-refractivity contribution in [3.05, 3.63) is 69.5 Å². The Morgan fingerprint density at radius 1 is 1.11 bits per heavy atom. The second-order valence-electron chi connectivity index (χ2n) is 3.91. The molecule has 2 rings (SSSR count). The molecule has 19 heavy (non-hydrogen) atoms. The van der Waals surface area contributed by atoms with Crippen molar-refractivity contribution in [2.45, 2.75) is 6.54 Å². The Hall–Kier alpha value is -1.58. The summed E-state index contributed by atoms with van der Waals surface area (Å²) >= 11 is 11.4. The molecule has 0 unspecified atom stereocenters. The molecule has 0 heterocycles. The summed E-state index contributed by atoms with van der Waals surface area (Å²) < 4.78 is 13.3. The molecule has 2 aromatic rings. The van der Waals surface area contributed by atoms with Crippen LogP contribution in [0.5, 0.6) is 0 Å². The van der Waals surface area contributed by atoms with Crippen LogP contribution in [0.25, 0.3) is 0 Å². The first-order valence-electron chi connectivity index (χ1n) is 5.54. The van der Waals surface area contributed by atoms with E-state index in [9.17, 15) is 9.18 Å². The number of carbonyl (C=O) groups excluding carboxylic acids is 1. The van der Waals surface area contributed by atoms with Crippen molar-refractivity contribution >= 4 is 29.1 Å². The van der Waals surface area contributed by atoms with Gasteiger partial charge < -0.3 is 5.32 Å². The number of nitrogens with one attached hydrogen (secondary N) is 1. The van der Waals surface area contributed by atoms with Gasteiger partial charge >= 0.3 is 0 Å². The largest absolute Gasteiger partial charge is 0.348 e. The van der Waals surface area contributed by atoms with Gasteiger partial charge in [0.15, 0.2) is 0 Å². The average Bonchev–Trinajstić information content (AvgIpc) is 2.41. The van der Waals surface area contributed by atoms with E-state index in [1.54, 1.807) is 0 Å². The van der Waals surface area contributed by atoms with Crippen LogP contribution in [-0.4, -0.2) is 5.91 Å². The molecule has 0 bridgehead atoms. The molecule has 0 saturated carbocycles. The van der Waals surface area contributed by atoms with Crippen molar-refractivity contribution in [2.24, 2.45) is 0 Å². The fraction of sp³-hybridized carbons (Fsp3) is 0.0714. The van der Waals surface area contributed by atoms with Gasteiger partial charge in [0.2, 0.25) is 0 Å². The second kappa shape index (κ2) is 6.04. The van der Waals surface area contributed by atoms with Crippen LogP contribution in [0.3, 0.4) is 0 Å². The number of benzene rings is 2. The van der Waals surface area contributed by atoms with Crippen LogP contribution in [0.15, 0.2) is 42.5 Å². The lowest BCUT2D eigenvalue weighted by atomic mass is 10.2. The third-order valence-corrected chi connectivity index (χ3v) is 3.15. The highest BCUT2D eigenvalue weighted by Crippen LogP contribution is 2.24.